The van der Waals surface area contributed by atoms with E-state index in [9.17, 15) is 0 Å². The van der Waals surface area contributed by atoms with Gasteiger partial charge in [-0.1, -0.05) is 0 Å². The molecule has 4 rings (SSSR count). The molecule has 1 aromatic rings. The molecule has 1 aromatic carbocycles. The number of methoxy groups -OCH3 is 2. The first-order valence-electron chi connectivity index (χ1n) is 7.01. The monoisotopic (exact) mass is 262 g/mol. The summed E-state index contributed by atoms with van der Waals surface area (Å²) in [5, 5.41) is 3.66. The van der Waals surface area contributed by atoms with E-state index in [4.69, 9.17) is 9.47 Å². The van der Waals surface area contributed by atoms with Crippen LogP contribution in [0.4, 0.5) is 5.69 Å². The summed E-state index contributed by atoms with van der Waals surface area (Å²) in [5.41, 5.74) is 1.12. The Hall–Kier alpha value is -1.42. The fourth-order valence-electron chi connectivity index (χ4n) is 3.27. The minimum atomic E-state index is 0.570. The van der Waals surface area contributed by atoms with Crippen LogP contribution in [0, 0.1) is 5.92 Å². The van der Waals surface area contributed by atoms with Crippen molar-refractivity contribution in [3.8, 4) is 11.5 Å². The van der Waals surface area contributed by atoms with Gasteiger partial charge in [-0.2, -0.15) is 0 Å². The highest BCUT2D eigenvalue weighted by atomic mass is 16.5. The van der Waals surface area contributed by atoms with Crippen molar-refractivity contribution in [3.63, 3.8) is 0 Å². The average molecular weight is 262 g/mol. The van der Waals surface area contributed by atoms with Gasteiger partial charge in [0.25, 0.3) is 0 Å². The van der Waals surface area contributed by atoms with E-state index in [-0.39, 0.29) is 0 Å². The zero-order chi connectivity index (χ0) is 13.2. The Morgan fingerprint density at radius 1 is 1.11 bits per heavy atom. The molecule has 1 atom stereocenters. The van der Waals surface area contributed by atoms with Crippen LogP contribution in [0.2, 0.25) is 0 Å². The molecule has 104 valence electrons. The van der Waals surface area contributed by atoms with Crippen LogP contribution in [0.15, 0.2) is 18.2 Å². The van der Waals surface area contributed by atoms with E-state index in [0.717, 1.165) is 23.1 Å². The number of ether oxygens (including phenoxy) is 2. The minimum absolute atomic E-state index is 0.570. The molecule has 4 nitrogen and oxygen atoms in total. The van der Waals surface area contributed by atoms with Gasteiger partial charge in [-0.05, 0) is 44.0 Å². The molecule has 3 fully saturated rings. The van der Waals surface area contributed by atoms with Gasteiger partial charge in [0, 0.05) is 24.3 Å². The number of fused-ring (bicyclic) bond motifs is 3. The van der Waals surface area contributed by atoms with Crippen molar-refractivity contribution in [3.05, 3.63) is 18.2 Å². The minimum Gasteiger partial charge on any atom is -0.493 e. The van der Waals surface area contributed by atoms with Crippen molar-refractivity contribution >= 4 is 5.69 Å². The number of anilines is 1. The standard InChI is InChI=1S/C15H22N2O2/c1-18-14-4-3-12(9-15(14)19-2)16-13-10-17-7-5-11(13)6-8-17/h3-4,9,11,13,16H,5-8,10H2,1-2H3. The van der Waals surface area contributed by atoms with E-state index < -0.39 is 0 Å². The molecular weight excluding hydrogens is 240 g/mol. The lowest BCUT2D eigenvalue weighted by Crippen LogP contribution is -2.53. The number of hydrogen-bond donors (Lipinski definition) is 1. The van der Waals surface area contributed by atoms with E-state index in [1.165, 1.54) is 32.5 Å². The Morgan fingerprint density at radius 3 is 2.42 bits per heavy atom. The van der Waals surface area contributed by atoms with Gasteiger partial charge in [0.05, 0.1) is 14.2 Å². The van der Waals surface area contributed by atoms with Gasteiger partial charge in [-0.3, -0.25) is 0 Å². The highest BCUT2D eigenvalue weighted by molar-refractivity contribution is 5.55. The van der Waals surface area contributed by atoms with E-state index in [1.807, 2.05) is 12.1 Å². The second-order valence-electron chi connectivity index (χ2n) is 5.46. The maximum Gasteiger partial charge on any atom is 0.162 e. The zero-order valence-electron chi connectivity index (χ0n) is 11.7. The summed E-state index contributed by atoms with van der Waals surface area (Å²) in [6, 6.07) is 6.62. The predicted octanol–water partition coefficient (Wildman–Crippen LogP) is 2.21. The van der Waals surface area contributed by atoms with Crippen LogP contribution in [0.3, 0.4) is 0 Å². The summed E-state index contributed by atoms with van der Waals surface area (Å²) in [4.78, 5) is 2.55. The van der Waals surface area contributed by atoms with E-state index in [2.05, 4.69) is 16.3 Å². The molecule has 0 aliphatic carbocycles. The summed E-state index contributed by atoms with van der Waals surface area (Å²) in [6.45, 7) is 3.71. The summed E-state index contributed by atoms with van der Waals surface area (Å²) in [7, 11) is 3.34. The van der Waals surface area contributed by atoms with Crippen LogP contribution in [0.25, 0.3) is 0 Å². The van der Waals surface area contributed by atoms with Gasteiger partial charge >= 0.3 is 0 Å². The Morgan fingerprint density at radius 2 is 1.84 bits per heavy atom. The lowest BCUT2D eigenvalue weighted by atomic mass is 9.84. The summed E-state index contributed by atoms with van der Waals surface area (Å²) < 4.78 is 10.6. The lowest BCUT2D eigenvalue weighted by molar-refractivity contribution is 0.0975. The molecule has 1 unspecified atom stereocenters. The Bertz CT molecular complexity index is 442. The summed E-state index contributed by atoms with van der Waals surface area (Å²) >= 11 is 0. The molecular formula is C15H22N2O2. The van der Waals surface area contributed by atoms with E-state index in [0.29, 0.717) is 6.04 Å². The van der Waals surface area contributed by atoms with E-state index in [1.54, 1.807) is 14.2 Å². The van der Waals surface area contributed by atoms with Gasteiger partial charge in [0.15, 0.2) is 11.5 Å². The zero-order valence-corrected chi connectivity index (χ0v) is 11.7. The number of hydrogen-bond acceptors (Lipinski definition) is 4. The molecule has 0 radical (unpaired) electrons. The third kappa shape index (κ3) is 2.50. The van der Waals surface area contributed by atoms with Crippen LogP contribution in [0.5, 0.6) is 11.5 Å². The Labute approximate surface area is 114 Å². The molecule has 2 bridgehead atoms. The quantitative estimate of drug-likeness (QED) is 0.902. The van der Waals surface area contributed by atoms with Crippen LogP contribution in [-0.2, 0) is 0 Å². The number of benzene rings is 1. The van der Waals surface area contributed by atoms with Crippen molar-refractivity contribution in [1.82, 2.24) is 4.90 Å². The second-order valence-corrected chi connectivity index (χ2v) is 5.46. The number of nitrogens with zero attached hydrogens (tertiary/aromatic N) is 1. The third-order valence-corrected chi connectivity index (χ3v) is 4.39. The van der Waals surface area contributed by atoms with Crippen LogP contribution >= 0.6 is 0 Å². The first kappa shape index (κ1) is 12.6. The maximum absolute atomic E-state index is 5.35. The van der Waals surface area contributed by atoms with Gasteiger partial charge in [-0.15, -0.1) is 0 Å². The smallest absolute Gasteiger partial charge is 0.162 e. The summed E-state index contributed by atoms with van der Waals surface area (Å²) in [6.07, 6.45) is 2.65. The predicted molar refractivity (Wildman–Crippen MR) is 76.1 cm³/mol. The van der Waals surface area contributed by atoms with Crippen LogP contribution in [-0.4, -0.2) is 44.8 Å². The SMILES string of the molecule is COc1ccc(NC2CN3CCC2CC3)cc1OC. The van der Waals surface area contributed by atoms with Gasteiger partial charge in [-0.25, -0.2) is 0 Å². The fraction of sp³-hybridized carbons (Fsp3) is 0.600. The number of rotatable bonds is 4. The molecule has 3 heterocycles. The van der Waals surface area contributed by atoms with Crippen molar-refractivity contribution in [1.29, 1.82) is 0 Å². The average Bonchev–Trinajstić information content (AvgIpc) is 2.48. The molecule has 3 aliphatic heterocycles. The fourth-order valence-corrected chi connectivity index (χ4v) is 3.27. The Kier molecular flexibility index (Phi) is 3.51. The number of nitrogens with one attached hydrogen (secondary N) is 1. The van der Waals surface area contributed by atoms with Crippen LogP contribution in [0.1, 0.15) is 12.8 Å². The highest BCUT2D eigenvalue weighted by Gasteiger charge is 2.33. The van der Waals surface area contributed by atoms with Crippen molar-refractivity contribution in [2.75, 3.05) is 39.2 Å². The van der Waals surface area contributed by atoms with E-state index >= 15 is 0 Å². The lowest BCUT2D eigenvalue weighted by Gasteiger charge is -2.45. The summed E-state index contributed by atoms with van der Waals surface area (Å²) in [5.74, 6) is 2.38. The molecule has 0 saturated carbocycles. The topological polar surface area (TPSA) is 33.7 Å². The molecule has 19 heavy (non-hydrogen) atoms. The molecule has 3 aliphatic rings. The highest BCUT2D eigenvalue weighted by Crippen LogP contribution is 2.33. The van der Waals surface area contributed by atoms with Crippen molar-refractivity contribution in [2.45, 2.75) is 18.9 Å². The number of piperidine rings is 3. The second kappa shape index (κ2) is 5.29. The largest absolute Gasteiger partial charge is 0.493 e. The maximum atomic E-state index is 5.35. The normalized spacial score (nSPS) is 29.1. The molecule has 0 spiro atoms. The van der Waals surface area contributed by atoms with Gasteiger partial charge in [0.1, 0.15) is 0 Å². The Balaban J connectivity index is 1.73. The van der Waals surface area contributed by atoms with Gasteiger partial charge < -0.3 is 19.7 Å². The third-order valence-electron chi connectivity index (χ3n) is 4.39. The molecule has 1 N–H and O–H groups in total. The molecule has 4 heteroatoms. The molecule has 0 amide bonds. The van der Waals surface area contributed by atoms with Gasteiger partial charge in [0.2, 0.25) is 0 Å². The van der Waals surface area contributed by atoms with Crippen molar-refractivity contribution in [2.24, 2.45) is 5.92 Å². The first-order chi connectivity index (χ1) is 9.30. The van der Waals surface area contributed by atoms with Crippen LogP contribution < -0.4 is 14.8 Å². The first-order valence-corrected chi connectivity index (χ1v) is 7.01. The molecule has 3 saturated heterocycles. The molecule has 0 aromatic heterocycles. The van der Waals surface area contributed by atoms with Crippen molar-refractivity contribution < 1.29 is 9.47 Å².